The van der Waals surface area contributed by atoms with E-state index in [0.29, 0.717) is 12.4 Å². The first-order valence-electron chi connectivity index (χ1n) is 4.42. The van der Waals surface area contributed by atoms with E-state index in [1.165, 1.54) is 18.2 Å². The van der Waals surface area contributed by atoms with Gasteiger partial charge in [0.1, 0.15) is 5.75 Å². The molecule has 4 N–H and O–H groups in total. The number of carbonyl (C=O) groups excluding carboxylic acids is 2. The van der Waals surface area contributed by atoms with Gasteiger partial charge in [-0.2, -0.15) is 0 Å². The van der Waals surface area contributed by atoms with E-state index in [9.17, 15) is 9.59 Å². The van der Waals surface area contributed by atoms with Crippen molar-refractivity contribution < 1.29 is 14.3 Å². The van der Waals surface area contributed by atoms with Crippen LogP contribution < -0.4 is 16.2 Å². The fraction of sp³-hybridized carbons (Fsp3) is 0.200. The maximum atomic E-state index is 10.9. The Bertz CT molecular complexity index is 369. The molecule has 0 spiro atoms. The molecule has 1 aromatic rings. The Hall–Kier alpha value is -2.04. The van der Waals surface area contributed by atoms with E-state index in [0.717, 1.165) is 0 Å². The van der Waals surface area contributed by atoms with Crippen LogP contribution in [-0.4, -0.2) is 18.4 Å². The summed E-state index contributed by atoms with van der Waals surface area (Å²) in [6.45, 7) is 2.22. The summed E-state index contributed by atoms with van der Waals surface area (Å²) in [7, 11) is 0. The Balaban J connectivity index is 3.19. The van der Waals surface area contributed by atoms with Crippen LogP contribution in [0.5, 0.6) is 5.75 Å². The summed E-state index contributed by atoms with van der Waals surface area (Å²) >= 11 is 0. The van der Waals surface area contributed by atoms with Crippen LogP contribution in [0.1, 0.15) is 27.6 Å². The van der Waals surface area contributed by atoms with Gasteiger partial charge in [-0.25, -0.2) is 0 Å². The monoisotopic (exact) mass is 208 g/mol. The summed E-state index contributed by atoms with van der Waals surface area (Å²) in [6.07, 6.45) is 0. The van der Waals surface area contributed by atoms with Crippen molar-refractivity contribution >= 4 is 11.8 Å². The second kappa shape index (κ2) is 4.45. The number of amides is 2. The van der Waals surface area contributed by atoms with Crippen LogP contribution in [0.3, 0.4) is 0 Å². The van der Waals surface area contributed by atoms with Gasteiger partial charge >= 0.3 is 0 Å². The largest absolute Gasteiger partial charge is 0.494 e. The van der Waals surface area contributed by atoms with E-state index in [2.05, 4.69) is 0 Å². The third-order valence-electron chi connectivity index (χ3n) is 1.79. The summed E-state index contributed by atoms with van der Waals surface area (Å²) in [5.41, 5.74) is 10.6. The molecule has 0 saturated heterocycles. The van der Waals surface area contributed by atoms with Crippen LogP contribution in [0.25, 0.3) is 0 Å². The van der Waals surface area contributed by atoms with E-state index in [1.807, 2.05) is 0 Å². The Morgan fingerprint density at radius 1 is 1.13 bits per heavy atom. The molecular formula is C10H12N2O3. The Morgan fingerprint density at radius 2 is 1.60 bits per heavy atom. The summed E-state index contributed by atoms with van der Waals surface area (Å²) in [5, 5.41) is 0. The minimum atomic E-state index is -0.626. The second-order valence-corrected chi connectivity index (χ2v) is 2.91. The zero-order chi connectivity index (χ0) is 11.4. The molecule has 0 heterocycles. The van der Waals surface area contributed by atoms with E-state index in [1.54, 1.807) is 6.92 Å². The fourth-order valence-corrected chi connectivity index (χ4v) is 1.13. The van der Waals surface area contributed by atoms with Gasteiger partial charge in [0, 0.05) is 11.1 Å². The molecule has 5 heteroatoms. The van der Waals surface area contributed by atoms with Gasteiger partial charge in [-0.3, -0.25) is 9.59 Å². The first kappa shape index (κ1) is 11.0. The molecule has 2 amide bonds. The van der Waals surface area contributed by atoms with Crippen molar-refractivity contribution in [3.8, 4) is 5.75 Å². The average Bonchev–Trinajstić information content (AvgIpc) is 2.17. The lowest BCUT2D eigenvalue weighted by Crippen LogP contribution is -2.15. The first-order valence-corrected chi connectivity index (χ1v) is 4.42. The molecule has 5 nitrogen and oxygen atoms in total. The second-order valence-electron chi connectivity index (χ2n) is 2.91. The molecule has 0 unspecified atom stereocenters. The molecule has 0 atom stereocenters. The molecule has 0 aliphatic rings. The van der Waals surface area contributed by atoms with Crippen molar-refractivity contribution in [3.05, 3.63) is 29.3 Å². The normalized spacial score (nSPS) is 9.67. The number of hydrogen-bond donors (Lipinski definition) is 2. The summed E-state index contributed by atoms with van der Waals surface area (Å²) in [5.74, 6) is -0.847. The molecule has 1 aromatic carbocycles. The molecular weight excluding hydrogens is 196 g/mol. The topological polar surface area (TPSA) is 95.4 Å². The van der Waals surface area contributed by atoms with Crippen molar-refractivity contribution in [2.75, 3.05) is 6.61 Å². The van der Waals surface area contributed by atoms with Crippen molar-refractivity contribution in [1.82, 2.24) is 0 Å². The van der Waals surface area contributed by atoms with Crippen LogP contribution in [-0.2, 0) is 0 Å². The smallest absolute Gasteiger partial charge is 0.248 e. The van der Waals surface area contributed by atoms with Gasteiger partial charge in [0.2, 0.25) is 11.8 Å². The standard InChI is InChI=1S/C10H12N2O3/c1-2-15-8-4-6(9(11)13)3-7(5-8)10(12)14/h3-5H,2H2,1H3,(H2,11,13)(H2,12,14). The number of primary amides is 2. The molecule has 1 rings (SSSR count). The molecule has 0 bridgehead atoms. The highest BCUT2D eigenvalue weighted by Crippen LogP contribution is 2.16. The first-order chi connectivity index (χ1) is 7.04. The minimum absolute atomic E-state index is 0.203. The van der Waals surface area contributed by atoms with Crippen LogP contribution in [0.4, 0.5) is 0 Å². The summed E-state index contributed by atoms with van der Waals surface area (Å²) in [4.78, 5) is 21.9. The maximum absolute atomic E-state index is 10.9. The number of benzene rings is 1. The minimum Gasteiger partial charge on any atom is -0.494 e. The third-order valence-corrected chi connectivity index (χ3v) is 1.79. The van der Waals surface area contributed by atoms with Gasteiger partial charge in [-0.1, -0.05) is 0 Å². The molecule has 0 aliphatic heterocycles. The van der Waals surface area contributed by atoms with Gasteiger partial charge in [0.05, 0.1) is 6.61 Å². The highest BCUT2D eigenvalue weighted by Gasteiger charge is 2.09. The highest BCUT2D eigenvalue weighted by molar-refractivity contribution is 5.99. The van der Waals surface area contributed by atoms with Crippen LogP contribution in [0.15, 0.2) is 18.2 Å². The zero-order valence-corrected chi connectivity index (χ0v) is 8.32. The lowest BCUT2D eigenvalue weighted by Gasteiger charge is -2.06. The molecule has 15 heavy (non-hydrogen) atoms. The fourth-order valence-electron chi connectivity index (χ4n) is 1.13. The maximum Gasteiger partial charge on any atom is 0.248 e. The molecule has 0 aliphatic carbocycles. The number of nitrogens with two attached hydrogens (primary N) is 2. The van der Waals surface area contributed by atoms with Gasteiger partial charge < -0.3 is 16.2 Å². The summed E-state index contributed by atoms with van der Waals surface area (Å²) < 4.78 is 5.17. The van der Waals surface area contributed by atoms with Crippen LogP contribution in [0.2, 0.25) is 0 Å². The van der Waals surface area contributed by atoms with Gasteiger partial charge in [0.15, 0.2) is 0 Å². The quantitative estimate of drug-likeness (QED) is 0.744. The molecule has 0 radical (unpaired) electrons. The van der Waals surface area contributed by atoms with E-state index in [4.69, 9.17) is 16.2 Å². The number of hydrogen-bond acceptors (Lipinski definition) is 3. The van der Waals surface area contributed by atoms with Crippen molar-refractivity contribution in [2.45, 2.75) is 6.92 Å². The van der Waals surface area contributed by atoms with Crippen molar-refractivity contribution in [1.29, 1.82) is 0 Å². The van der Waals surface area contributed by atoms with Crippen molar-refractivity contribution in [2.24, 2.45) is 11.5 Å². The number of ether oxygens (including phenoxy) is 1. The number of carbonyl (C=O) groups is 2. The lowest BCUT2D eigenvalue weighted by atomic mass is 10.1. The van der Waals surface area contributed by atoms with E-state index >= 15 is 0 Å². The molecule has 0 aromatic heterocycles. The predicted molar refractivity (Wildman–Crippen MR) is 54.6 cm³/mol. The third kappa shape index (κ3) is 2.70. The van der Waals surface area contributed by atoms with E-state index in [-0.39, 0.29) is 11.1 Å². The molecule has 0 saturated carbocycles. The average molecular weight is 208 g/mol. The molecule has 80 valence electrons. The molecule has 0 fully saturated rings. The van der Waals surface area contributed by atoms with Crippen LogP contribution >= 0.6 is 0 Å². The Morgan fingerprint density at radius 3 is 1.93 bits per heavy atom. The van der Waals surface area contributed by atoms with Crippen LogP contribution in [0, 0.1) is 0 Å². The van der Waals surface area contributed by atoms with E-state index < -0.39 is 11.8 Å². The van der Waals surface area contributed by atoms with Crippen molar-refractivity contribution in [3.63, 3.8) is 0 Å². The zero-order valence-electron chi connectivity index (χ0n) is 8.32. The van der Waals surface area contributed by atoms with Gasteiger partial charge in [-0.05, 0) is 25.1 Å². The number of rotatable bonds is 4. The summed E-state index contributed by atoms with van der Waals surface area (Å²) in [6, 6.07) is 4.28. The van der Waals surface area contributed by atoms with Gasteiger partial charge in [-0.15, -0.1) is 0 Å². The predicted octanol–water partition coefficient (Wildman–Crippen LogP) is 0.283. The Kier molecular flexibility index (Phi) is 3.28. The lowest BCUT2D eigenvalue weighted by molar-refractivity contribution is 0.0999. The van der Waals surface area contributed by atoms with Gasteiger partial charge in [0.25, 0.3) is 0 Å². The SMILES string of the molecule is CCOc1cc(C(N)=O)cc(C(N)=O)c1. The Labute approximate surface area is 87.0 Å². The highest BCUT2D eigenvalue weighted by atomic mass is 16.5.